The average molecular weight is 219 g/mol. The fourth-order valence-electron chi connectivity index (χ4n) is 0.691. The Bertz CT molecular complexity index is 289. The van der Waals surface area contributed by atoms with Gasteiger partial charge < -0.3 is 0 Å². The Morgan fingerprint density at radius 2 is 1.67 bits per heavy atom. The van der Waals surface area contributed by atoms with E-state index in [0.29, 0.717) is 5.56 Å². The smallest absolute Gasteiger partial charge is 0.252 e. The van der Waals surface area contributed by atoms with E-state index in [1.165, 1.54) is 6.07 Å². The van der Waals surface area contributed by atoms with Crippen molar-refractivity contribution in [3.05, 3.63) is 29.6 Å². The highest BCUT2D eigenvalue weighted by Gasteiger charge is 2.31. The summed E-state index contributed by atoms with van der Waals surface area (Å²) in [5.41, 5.74) is -0.273. The summed E-state index contributed by atoms with van der Waals surface area (Å²) in [6.07, 6.45) is -3.18. The molecule has 0 fully saturated rings. The van der Waals surface area contributed by atoms with Crippen LogP contribution in [0.25, 0.3) is 0 Å². The molecule has 1 aromatic rings. The van der Waals surface area contributed by atoms with Gasteiger partial charge in [0.05, 0.1) is 0 Å². The normalized spacial score (nSPS) is 10.9. The van der Waals surface area contributed by atoms with Crippen molar-refractivity contribution in [1.82, 2.24) is 4.98 Å². The van der Waals surface area contributed by atoms with Gasteiger partial charge in [0.2, 0.25) is 0 Å². The fraction of sp³-hybridized carbons (Fsp3) is 0.545. The highest BCUT2D eigenvalue weighted by molar-refractivity contribution is 5.16. The van der Waals surface area contributed by atoms with Crippen molar-refractivity contribution in [1.29, 1.82) is 0 Å². The van der Waals surface area contributed by atoms with Gasteiger partial charge in [-0.15, -0.1) is 0 Å². The van der Waals surface area contributed by atoms with Crippen LogP contribution in [0.4, 0.5) is 13.2 Å². The fourth-order valence-corrected chi connectivity index (χ4v) is 0.691. The topological polar surface area (TPSA) is 12.9 Å². The molecule has 86 valence electrons. The molecule has 1 nitrogen and oxygen atoms in total. The van der Waals surface area contributed by atoms with Crippen LogP contribution in [0.5, 0.6) is 0 Å². The number of rotatable bonds is 0. The predicted octanol–water partition coefficient (Wildman–Crippen LogP) is 4.07. The monoisotopic (exact) mass is 219 g/mol. The standard InChI is InChI=1S/C7H6F3N.C4H10/c1-5-2-3-11-6(4-5)7(8,9)10;1-4(2)3/h2-4H,1H3;4H,1-3H3. The number of nitrogens with zero attached hydrogens (tertiary/aromatic N) is 1. The van der Waals surface area contributed by atoms with Crippen LogP contribution in [-0.2, 0) is 6.18 Å². The zero-order valence-electron chi connectivity index (χ0n) is 9.39. The first kappa shape index (κ1) is 13.9. The van der Waals surface area contributed by atoms with E-state index in [-0.39, 0.29) is 0 Å². The average Bonchev–Trinajstić information content (AvgIpc) is 2.01. The maximum Gasteiger partial charge on any atom is 0.433 e. The highest BCUT2D eigenvalue weighted by atomic mass is 19.4. The van der Waals surface area contributed by atoms with Crippen LogP contribution in [0.1, 0.15) is 32.0 Å². The van der Waals surface area contributed by atoms with Gasteiger partial charge in [-0.25, -0.2) is 0 Å². The highest BCUT2D eigenvalue weighted by Crippen LogP contribution is 2.27. The van der Waals surface area contributed by atoms with E-state index in [0.717, 1.165) is 18.2 Å². The van der Waals surface area contributed by atoms with Gasteiger partial charge in [-0.1, -0.05) is 20.8 Å². The van der Waals surface area contributed by atoms with Gasteiger partial charge >= 0.3 is 6.18 Å². The summed E-state index contributed by atoms with van der Waals surface area (Å²) in [6.45, 7) is 8.09. The minimum Gasteiger partial charge on any atom is -0.252 e. The van der Waals surface area contributed by atoms with E-state index in [1.807, 2.05) is 0 Å². The van der Waals surface area contributed by atoms with Gasteiger partial charge in [0, 0.05) is 6.20 Å². The molecule has 0 saturated heterocycles. The Hall–Kier alpha value is -1.06. The number of halogens is 3. The maximum absolute atomic E-state index is 11.9. The van der Waals surface area contributed by atoms with Gasteiger partial charge in [0.25, 0.3) is 0 Å². The van der Waals surface area contributed by atoms with Crippen molar-refractivity contribution in [3.63, 3.8) is 0 Å². The zero-order valence-corrected chi connectivity index (χ0v) is 9.39. The molecule has 0 saturated carbocycles. The maximum atomic E-state index is 11.9. The van der Waals surface area contributed by atoms with E-state index in [2.05, 4.69) is 25.8 Å². The molecule has 0 N–H and O–H groups in total. The molecule has 1 rings (SSSR count). The largest absolute Gasteiger partial charge is 0.433 e. The quantitative estimate of drug-likeness (QED) is 0.641. The second-order valence-corrected chi connectivity index (χ2v) is 3.95. The molecule has 0 bridgehead atoms. The van der Waals surface area contributed by atoms with Crippen LogP contribution in [0.2, 0.25) is 0 Å². The molecular weight excluding hydrogens is 203 g/mol. The molecule has 0 aliphatic rings. The van der Waals surface area contributed by atoms with Crippen molar-refractivity contribution in [2.75, 3.05) is 0 Å². The number of aryl methyl sites for hydroxylation is 1. The van der Waals surface area contributed by atoms with Crippen LogP contribution >= 0.6 is 0 Å². The number of pyridine rings is 1. The Labute approximate surface area is 88.3 Å². The van der Waals surface area contributed by atoms with E-state index < -0.39 is 11.9 Å². The van der Waals surface area contributed by atoms with Crippen molar-refractivity contribution in [2.24, 2.45) is 5.92 Å². The minimum atomic E-state index is -4.33. The lowest BCUT2D eigenvalue weighted by atomic mass is 10.2. The summed E-state index contributed by atoms with van der Waals surface area (Å²) >= 11 is 0. The summed E-state index contributed by atoms with van der Waals surface area (Å²) < 4.78 is 35.7. The van der Waals surface area contributed by atoms with E-state index in [1.54, 1.807) is 6.92 Å². The molecule has 0 aliphatic carbocycles. The zero-order chi connectivity index (χ0) is 12.1. The van der Waals surface area contributed by atoms with Crippen molar-refractivity contribution < 1.29 is 13.2 Å². The molecule has 1 heterocycles. The third-order valence-corrected chi connectivity index (χ3v) is 1.21. The van der Waals surface area contributed by atoms with Crippen LogP contribution in [0, 0.1) is 12.8 Å². The van der Waals surface area contributed by atoms with Gasteiger partial charge in [-0.3, -0.25) is 4.98 Å². The first-order chi connectivity index (χ1) is 6.73. The minimum absolute atomic E-state index is 0.562. The van der Waals surface area contributed by atoms with Gasteiger partial charge in [-0.05, 0) is 30.5 Å². The first-order valence-corrected chi connectivity index (χ1v) is 4.73. The predicted molar refractivity (Wildman–Crippen MR) is 54.5 cm³/mol. The lowest BCUT2D eigenvalue weighted by Crippen LogP contribution is -2.07. The SMILES string of the molecule is CC(C)C.Cc1ccnc(C(F)(F)F)c1. The third kappa shape index (κ3) is 6.94. The van der Waals surface area contributed by atoms with Gasteiger partial charge in [-0.2, -0.15) is 13.2 Å². The summed E-state index contributed by atoms with van der Waals surface area (Å²) in [6, 6.07) is 2.54. The summed E-state index contributed by atoms with van der Waals surface area (Å²) in [5, 5.41) is 0. The number of hydrogen-bond donors (Lipinski definition) is 0. The second kappa shape index (κ2) is 5.73. The molecule has 0 spiro atoms. The lowest BCUT2D eigenvalue weighted by molar-refractivity contribution is -0.141. The van der Waals surface area contributed by atoms with Crippen LogP contribution in [-0.4, -0.2) is 4.98 Å². The lowest BCUT2D eigenvalue weighted by Gasteiger charge is -2.04. The first-order valence-electron chi connectivity index (χ1n) is 4.73. The summed E-state index contributed by atoms with van der Waals surface area (Å²) in [7, 11) is 0. The van der Waals surface area contributed by atoms with Gasteiger partial charge in [0.15, 0.2) is 0 Å². The van der Waals surface area contributed by atoms with E-state index in [9.17, 15) is 13.2 Å². The summed E-state index contributed by atoms with van der Waals surface area (Å²) in [4.78, 5) is 3.19. The number of hydrogen-bond acceptors (Lipinski definition) is 1. The molecule has 0 aromatic carbocycles. The van der Waals surface area contributed by atoms with Crippen LogP contribution < -0.4 is 0 Å². The van der Waals surface area contributed by atoms with E-state index in [4.69, 9.17) is 0 Å². The Morgan fingerprint density at radius 3 is 1.93 bits per heavy atom. The molecule has 0 atom stereocenters. The van der Waals surface area contributed by atoms with Gasteiger partial charge in [0.1, 0.15) is 5.69 Å². The van der Waals surface area contributed by atoms with Crippen molar-refractivity contribution in [2.45, 2.75) is 33.9 Å². The van der Waals surface area contributed by atoms with Crippen molar-refractivity contribution >= 4 is 0 Å². The molecule has 1 aromatic heterocycles. The second-order valence-electron chi connectivity index (χ2n) is 3.95. The molecule has 0 unspecified atom stereocenters. The molecule has 15 heavy (non-hydrogen) atoms. The van der Waals surface area contributed by atoms with Crippen LogP contribution in [0.15, 0.2) is 18.3 Å². The Balaban J connectivity index is 0.000000423. The van der Waals surface area contributed by atoms with Crippen LogP contribution in [0.3, 0.4) is 0 Å². The molecule has 0 radical (unpaired) electrons. The molecule has 4 heteroatoms. The molecular formula is C11H16F3N. The number of alkyl halides is 3. The van der Waals surface area contributed by atoms with Crippen molar-refractivity contribution in [3.8, 4) is 0 Å². The third-order valence-electron chi connectivity index (χ3n) is 1.21. The van der Waals surface area contributed by atoms with E-state index >= 15 is 0 Å². The number of aromatic nitrogens is 1. The molecule has 0 aliphatic heterocycles. The summed E-state index contributed by atoms with van der Waals surface area (Å²) in [5.74, 6) is 0.833. The Morgan fingerprint density at radius 1 is 1.20 bits per heavy atom. The molecule has 0 amide bonds. The Kier molecular flexibility index (Phi) is 5.33.